The Bertz CT molecular complexity index is 887. The van der Waals surface area contributed by atoms with Crippen LogP contribution in [0.1, 0.15) is 72.1 Å². The molecular weight excluding hydrogens is 460 g/mol. The Kier molecular flexibility index (Phi) is 7.18. The van der Waals surface area contributed by atoms with Gasteiger partial charge in [-0.05, 0) is 85.9 Å². The summed E-state index contributed by atoms with van der Waals surface area (Å²) in [6.07, 6.45) is 7.30. The Morgan fingerprint density at radius 3 is 2.61 bits per heavy atom. The maximum atomic E-state index is 11.2. The highest BCUT2D eigenvalue weighted by Crippen LogP contribution is 2.66. The van der Waals surface area contributed by atoms with Crippen LogP contribution in [0.3, 0.4) is 0 Å². The fourth-order valence-electron chi connectivity index (χ4n) is 8.73. The first kappa shape index (κ1) is 26.4. The highest BCUT2D eigenvalue weighted by atomic mass is 16.7. The van der Waals surface area contributed by atoms with Crippen molar-refractivity contribution >= 4 is 5.97 Å². The number of carbonyl (C=O) groups excluding carboxylic acids is 1. The molecule has 0 bridgehead atoms. The fourth-order valence-corrected chi connectivity index (χ4v) is 8.73. The number of aliphatic hydroxyl groups excluding tert-OH is 3. The first-order valence-corrected chi connectivity index (χ1v) is 13.9. The maximum absolute atomic E-state index is 11.2. The van der Waals surface area contributed by atoms with Crippen LogP contribution in [0.5, 0.6) is 0 Å². The third-order valence-electron chi connectivity index (χ3n) is 10.9. The summed E-state index contributed by atoms with van der Waals surface area (Å²) in [5.41, 5.74) is 2.04. The zero-order chi connectivity index (χ0) is 25.8. The first-order valence-electron chi connectivity index (χ1n) is 13.9. The van der Waals surface area contributed by atoms with Crippen molar-refractivity contribution in [2.24, 2.45) is 34.5 Å². The summed E-state index contributed by atoms with van der Waals surface area (Å²) in [6, 6.07) is 0. The van der Waals surface area contributed by atoms with E-state index in [1.165, 1.54) is 38.2 Å². The van der Waals surface area contributed by atoms with Crippen molar-refractivity contribution in [3.05, 3.63) is 24.3 Å². The lowest BCUT2D eigenvalue weighted by Crippen LogP contribution is -2.60. The number of fused-ring (bicyclic) bond motifs is 5. The molecular formula is C29H44O7. The largest absolute Gasteiger partial charge is 0.463 e. The van der Waals surface area contributed by atoms with E-state index >= 15 is 0 Å². The minimum Gasteiger partial charge on any atom is -0.463 e. The van der Waals surface area contributed by atoms with E-state index in [2.05, 4.69) is 32.6 Å². The lowest BCUT2D eigenvalue weighted by molar-refractivity contribution is -0.313. The molecule has 36 heavy (non-hydrogen) atoms. The van der Waals surface area contributed by atoms with Crippen LogP contribution in [0.15, 0.2) is 24.3 Å². The average Bonchev–Trinajstić information content (AvgIpc) is 3.20. The quantitative estimate of drug-likeness (QED) is 0.389. The van der Waals surface area contributed by atoms with Gasteiger partial charge in [-0.25, -0.2) is 0 Å². The Balaban J connectivity index is 1.26. The molecule has 7 nitrogen and oxygen atoms in total. The number of rotatable bonds is 5. The molecule has 0 amide bonds. The van der Waals surface area contributed by atoms with E-state index in [0.717, 1.165) is 37.5 Å². The predicted octanol–water partition coefficient (Wildman–Crippen LogP) is 3.51. The second-order valence-corrected chi connectivity index (χ2v) is 12.5. The zero-order valence-electron chi connectivity index (χ0n) is 22.0. The van der Waals surface area contributed by atoms with Gasteiger partial charge in [0.2, 0.25) is 0 Å². The first-order chi connectivity index (χ1) is 17.1. The molecule has 12 atom stereocenters. The van der Waals surface area contributed by atoms with E-state index in [9.17, 15) is 20.1 Å². The van der Waals surface area contributed by atoms with Gasteiger partial charge in [0.1, 0.15) is 31.0 Å². The van der Waals surface area contributed by atoms with Gasteiger partial charge in [0.15, 0.2) is 6.29 Å². The number of esters is 1. The van der Waals surface area contributed by atoms with Gasteiger partial charge in [-0.1, -0.05) is 31.6 Å². The molecule has 3 saturated carbocycles. The summed E-state index contributed by atoms with van der Waals surface area (Å²) in [4.78, 5) is 11.2. The fraction of sp³-hybridized carbons (Fsp3) is 0.828. The summed E-state index contributed by atoms with van der Waals surface area (Å²) in [5.74, 6) is 2.35. The molecule has 202 valence electrons. The lowest BCUT2D eigenvalue weighted by Gasteiger charge is -2.58. The van der Waals surface area contributed by atoms with Crippen molar-refractivity contribution in [3.8, 4) is 0 Å². The number of aliphatic hydroxyl groups is 3. The highest BCUT2D eigenvalue weighted by Gasteiger charge is 2.58. The molecule has 0 unspecified atom stereocenters. The molecule has 5 rings (SSSR count). The lowest BCUT2D eigenvalue weighted by atomic mass is 9.47. The SMILES string of the molecule is C=C[C@H]1CC[C@H]2[C@@H]3CC=C4C[C@@H](O[C@@H]5O[C@H](COC(C)=O)[C@H](O)[C@H](O)[C@H]5O)CC[C@]4(C)[C@H]3CC[C@]12C. The number of ether oxygens (including phenoxy) is 3. The van der Waals surface area contributed by atoms with Gasteiger partial charge < -0.3 is 29.5 Å². The minimum absolute atomic E-state index is 0.136. The van der Waals surface area contributed by atoms with Gasteiger partial charge in [-0.3, -0.25) is 4.79 Å². The predicted molar refractivity (Wildman–Crippen MR) is 134 cm³/mol. The molecule has 4 aliphatic carbocycles. The van der Waals surface area contributed by atoms with E-state index in [1.807, 2.05) is 0 Å². The Hall–Kier alpha value is -1.25. The number of allylic oxidation sites excluding steroid dienone is 2. The molecule has 0 spiro atoms. The van der Waals surface area contributed by atoms with Crippen molar-refractivity contribution in [2.75, 3.05) is 6.61 Å². The summed E-state index contributed by atoms with van der Waals surface area (Å²) >= 11 is 0. The van der Waals surface area contributed by atoms with Crippen molar-refractivity contribution in [1.82, 2.24) is 0 Å². The van der Waals surface area contributed by atoms with Gasteiger partial charge in [0.05, 0.1) is 6.10 Å². The minimum atomic E-state index is -1.44. The van der Waals surface area contributed by atoms with Gasteiger partial charge in [0.25, 0.3) is 0 Å². The smallest absolute Gasteiger partial charge is 0.302 e. The molecule has 3 N–H and O–H groups in total. The van der Waals surface area contributed by atoms with Crippen LogP contribution in [0.2, 0.25) is 0 Å². The molecule has 7 heteroatoms. The van der Waals surface area contributed by atoms with Gasteiger partial charge in [-0.15, -0.1) is 6.58 Å². The van der Waals surface area contributed by atoms with Crippen molar-refractivity contribution in [2.45, 2.75) is 109 Å². The van der Waals surface area contributed by atoms with Crippen LogP contribution in [-0.4, -0.2) is 64.7 Å². The van der Waals surface area contributed by atoms with Gasteiger partial charge in [0, 0.05) is 6.92 Å². The van der Waals surface area contributed by atoms with Crippen LogP contribution < -0.4 is 0 Å². The Morgan fingerprint density at radius 2 is 1.89 bits per heavy atom. The molecule has 1 heterocycles. The van der Waals surface area contributed by atoms with Crippen molar-refractivity contribution in [1.29, 1.82) is 0 Å². The van der Waals surface area contributed by atoms with E-state index in [-0.39, 0.29) is 18.1 Å². The van der Waals surface area contributed by atoms with E-state index in [0.29, 0.717) is 17.3 Å². The third-order valence-corrected chi connectivity index (χ3v) is 10.9. The van der Waals surface area contributed by atoms with Gasteiger partial charge >= 0.3 is 5.97 Å². The van der Waals surface area contributed by atoms with E-state index in [1.54, 1.807) is 0 Å². The van der Waals surface area contributed by atoms with Crippen LogP contribution in [-0.2, 0) is 19.0 Å². The standard InChI is InChI=1S/C29H44O7/c1-5-17-7-9-21-20-8-6-18-14-19(10-12-29(18,4)22(20)11-13-28(17,21)3)35-27-26(33)25(32)24(31)23(36-27)15-34-16(2)30/h5-6,17,19-27,31-33H,1,7-15H2,2-4H3/t17-,19-,20-,21-,22-,23+,24-,25-,26+,27+,28+,29-/m0/s1. The normalized spacial score (nSPS) is 50.3. The highest BCUT2D eigenvalue weighted by molar-refractivity contribution is 5.65. The Labute approximate surface area is 214 Å². The van der Waals surface area contributed by atoms with Gasteiger partial charge in [-0.2, -0.15) is 0 Å². The summed E-state index contributed by atoms with van der Waals surface area (Å²) in [5, 5.41) is 31.1. The van der Waals surface area contributed by atoms with Crippen molar-refractivity contribution < 1.29 is 34.3 Å². The number of carbonyl (C=O) groups is 1. The molecule has 0 aromatic carbocycles. The number of hydrogen-bond donors (Lipinski definition) is 3. The molecule has 0 aromatic heterocycles. The third kappa shape index (κ3) is 4.29. The van der Waals surface area contributed by atoms with Crippen LogP contribution >= 0.6 is 0 Å². The van der Waals surface area contributed by atoms with Crippen molar-refractivity contribution in [3.63, 3.8) is 0 Å². The molecule has 1 aliphatic heterocycles. The summed E-state index contributed by atoms with van der Waals surface area (Å²) in [6.45, 7) is 10.2. The molecule has 0 radical (unpaired) electrons. The van der Waals surface area contributed by atoms with E-state index < -0.39 is 36.7 Å². The number of hydrogen-bond acceptors (Lipinski definition) is 7. The molecule has 4 fully saturated rings. The molecule has 5 aliphatic rings. The van der Waals surface area contributed by atoms with Crippen LogP contribution in [0, 0.1) is 34.5 Å². The Morgan fingerprint density at radius 1 is 1.11 bits per heavy atom. The summed E-state index contributed by atoms with van der Waals surface area (Å²) in [7, 11) is 0. The average molecular weight is 505 g/mol. The second kappa shape index (κ2) is 9.81. The van der Waals surface area contributed by atoms with Crippen LogP contribution in [0.25, 0.3) is 0 Å². The zero-order valence-corrected chi connectivity index (χ0v) is 22.0. The topological polar surface area (TPSA) is 105 Å². The van der Waals surface area contributed by atoms with E-state index in [4.69, 9.17) is 14.2 Å². The van der Waals surface area contributed by atoms with Crippen LogP contribution in [0.4, 0.5) is 0 Å². The maximum Gasteiger partial charge on any atom is 0.302 e. The summed E-state index contributed by atoms with van der Waals surface area (Å²) < 4.78 is 17.0. The molecule has 1 saturated heterocycles. The molecule has 0 aromatic rings. The second-order valence-electron chi connectivity index (χ2n) is 12.5. The monoisotopic (exact) mass is 504 g/mol.